The maximum absolute atomic E-state index is 11.7. The van der Waals surface area contributed by atoms with Gasteiger partial charge < -0.3 is 10.0 Å². The van der Waals surface area contributed by atoms with Crippen LogP contribution in [0.5, 0.6) is 0 Å². The van der Waals surface area contributed by atoms with Crippen LogP contribution in [0.25, 0.3) is 0 Å². The molecule has 20 heavy (non-hydrogen) atoms. The van der Waals surface area contributed by atoms with Gasteiger partial charge in [0.25, 0.3) is 0 Å². The summed E-state index contributed by atoms with van der Waals surface area (Å²) < 4.78 is 0. The Morgan fingerprint density at radius 3 is 2.05 bits per heavy atom. The molecular formula is C16H19NOS2. The summed E-state index contributed by atoms with van der Waals surface area (Å²) in [6.45, 7) is 3.47. The van der Waals surface area contributed by atoms with Gasteiger partial charge in [-0.2, -0.15) is 0 Å². The van der Waals surface area contributed by atoms with E-state index in [9.17, 15) is 5.11 Å². The fourth-order valence-electron chi connectivity index (χ4n) is 3.92. The number of hydrogen-bond donors (Lipinski definition) is 1. The molecule has 5 heterocycles. The van der Waals surface area contributed by atoms with Gasteiger partial charge in [-0.15, -0.1) is 22.7 Å². The third kappa shape index (κ3) is 1.90. The molecule has 0 aliphatic carbocycles. The van der Waals surface area contributed by atoms with Crippen molar-refractivity contribution in [3.05, 3.63) is 44.8 Å². The van der Waals surface area contributed by atoms with Crippen LogP contribution in [0, 0.1) is 11.8 Å². The summed E-state index contributed by atoms with van der Waals surface area (Å²) in [4.78, 5) is 4.74. The largest absolute Gasteiger partial charge is 0.378 e. The van der Waals surface area contributed by atoms with Gasteiger partial charge in [0, 0.05) is 22.2 Å². The first-order valence-electron chi connectivity index (χ1n) is 7.31. The van der Waals surface area contributed by atoms with E-state index in [-0.39, 0.29) is 0 Å². The molecule has 2 bridgehead atoms. The smallest absolute Gasteiger partial charge is 0.137 e. The van der Waals surface area contributed by atoms with Crippen molar-refractivity contribution in [3.63, 3.8) is 0 Å². The lowest BCUT2D eigenvalue weighted by molar-refractivity contribution is -0.0725. The van der Waals surface area contributed by atoms with Gasteiger partial charge >= 0.3 is 0 Å². The van der Waals surface area contributed by atoms with E-state index in [1.165, 1.54) is 25.9 Å². The average Bonchev–Trinajstić information content (AvgIpc) is 3.21. The molecule has 0 aromatic carbocycles. The van der Waals surface area contributed by atoms with Crippen LogP contribution in [0.2, 0.25) is 0 Å². The normalized spacial score (nSPS) is 29.8. The zero-order valence-electron chi connectivity index (χ0n) is 11.4. The van der Waals surface area contributed by atoms with Crippen LogP contribution in [0.3, 0.4) is 0 Å². The summed E-state index contributed by atoms with van der Waals surface area (Å²) in [7, 11) is 0. The quantitative estimate of drug-likeness (QED) is 0.939. The monoisotopic (exact) mass is 305 g/mol. The Labute approximate surface area is 127 Å². The number of rotatable bonds is 3. The van der Waals surface area contributed by atoms with E-state index >= 15 is 0 Å². The van der Waals surface area contributed by atoms with Crippen molar-refractivity contribution in [1.82, 2.24) is 4.90 Å². The molecule has 3 saturated heterocycles. The zero-order valence-corrected chi connectivity index (χ0v) is 13.0. The predicted molar refractivity (Wildman–Crippen MR) is 84.3 cm³/mol. The van der Waals surface area contributed by atoms with Gasteiger partial charge in [0.2, 0.25) is 0 Å². The standard InChI is InChI=1S/C16H19NOS2/c18-16(14-3-1-9-19-14,15-4-2-10-20-15)13-11-17-7-5-12(13)6-8-17/h1-4,9-10,12-13,18H,5-8,11H2/t13-/m1/s1. The summed E-state index contributed by atoms with van der Waals surface area (Å²) in [5, 5.41) is 15.8. The van der Waals surface area contributed by atoms with Crippen molar-refractivity contribution in [1.29, 1.82) is 0 Å². The van der Waals surface area contributed by atoms with Crippen LogP contribution in [-0.2, 0) is 5.60 Å². The van der Waals surface area contributed by atoms with Crippen LogP contribution in [0.4, 0.5) is 0 Å². The fourth-order valence-corrected chi connectivity index (χ4v) is 5.78. The lowest BCUT2D eigenvalue weighted by Crippen LogP contribution is -2.55. The molecule has 2 aromatic rings. The highest BCUT2D eigenvalue weighted by molar-refractivity contribution is 7.11. The third-order valence-corrected chi connectivity index (χ3v) is 6.98. The number of piperidine rings is 3. The zero-order chi connectivity index (χ0) is 13.6. The van der Waals surface area contributed by atoms with Crippen LogP contribution >= 0.6 is 22.7 Å². The van der Waals surface area contributed by atoms with Gasteiger partial charge in [-0.05, 0) is 54.7 Å². The Bertz CT molecular complexity index is 521. The SMILES string of the molecule is OC(c1cccs1)(c1cccs1)[C@@H]1CN2CCC1CC2. The van der Waals surface area contributed by atoms with E-state index in [0.717, 1.165) is 16.3 Å². The highest BCUT2D eigenvalue weighted by Crippen LogP contribution is 2.49. The average molecular weight is 305 g/mol. The Morgan fingerprint density at radius 2 is 1.65 bits per heavy atom. The molecule has 3 aliphatic rings. The number of fused-ring (bicyclic) bond motifs is 3. The van der Waals surface area contributed by atoms with Gasteiger partial charge in [-0.25, -0.2) is 0 Å². The summed E-state index contributed by atoms with van der Waals surface area (Å²) >= 11 is 3.37. The molecule has 1 atom stereocenters. The van der Waals surface area contributed by atoms with Gasteiger partial charge in [0.1, 0.15) is 5.60 Å². The molecule has 3 fully saturated rings. The first kappa shape index (κ1) is 13.0. The van der Waals surface area contributed by atoms with Crippen molar-refractivity contribution in [2.45, 2.75) is 18.4 Å². The highest BCUT2D eigenvalue weighted by atomic mass is 32.1. The lowest BCUT2D eigenvalue weighted by Gasteiger charge is -2.50. The Balaban J connectivity index is 1.80. The van der Waals surface area contributed by atoms with Crippen LogP contribution in [-0.4, -0.2) is 29.6 Å². The van der Waals surface area contributed by atoms with Crippen molar-refractivity contribution >= 4 is 22.7 Å². The third-order valence-electron chi connectivity index (χ3n) is 4.99. The van der Waals surface area contributed by atoms with E-state index in [4.69, 9.17) is 0 Å². The second-order valence-corrected chi connectivity index (χ2v) is 7.86. The van der Waals surface area contributed by atoms with E-state index in [1.807, 2.05) is 0 Å². The van der Waals surface area contributed by atoms with Gasteiger partial charge in [0.05, 0.1) is 0 Å². The highest BCUT2D eigenvalue weighted by Gasteiger charge is 2.49. The molecule has 0 saturated carbocycles. The lowest BCUT2D eigenvalue weighted by atomic mass is 9.69. The van der Waals surface area contributed by atoms with E-state index in [1.54, 1.807) is 22.7 Å². The molecular weight excluding hydrogens is 286 g/mol. The Morgan fingerprint density at radius 1 is 1.05 bits per heavy atom. The molecule has 2 aromatic heterocycles. The summed E-state index contributed by atoms with van der Waals surface area (Å²) in [6, 6.07) is 8.31. The number of aliphatic hydroxyl groups is 1. The van der Waals surface area contributed by atoms with Crippen LogP contribution < -0.4 is 0 Å². The van der Waals surface area contributed by atoms with Gasteiger partial charge in [-0.3, -0.25) is 0 Å². The van der Waals surface area contributed by atoms with Gasteiger partial charge in [-0.1, -0.05) is 12.1 Å². The molecule has 0 radical (unpaired) electrons. The number of nitrogens with zero attached hydrogens (tertiary/aromatic N) is 1. The molecule has 0 spiro atoms. The predicted octanol–water partition coefficient (Wildman–Crippen LogP) is 3.39. The molecule has 4 heteroatoms. The first-order chi connectivity index (χ1) is 9.78. The Hall–Kier alpha value is -0.680. The molecule has 0 unspecified atom stereocenters. The maximum atomic E-state index is 11.7. The minimum absolute atomic E-state index is 0.335. The molecule has 3 aliphatic heterocycles. The van der Waals surface area contributed by atoms with E-state index in [0.29, 0.717) is 11.8 Å². The van der Waals surface area contributed by atoms with Gasteiger partial charge in [0.15, 0.2) is 0 Å². The van der Waals surface area contributed by atoms with Crippen molar-refractivity contribution in [3.8, 4) is 0 Å². The van der Waals surface area contributed by atoms with Crippen molar-refractivity contribution < 1.29 is 5.11 Å². The van der Waals surface area contributed by atoms with E-state index < -0.39 is 5.60 Å². The van der Waals surface area contributed by atoms with E-state index in [2.05, 4.69) is 39.9 Å². The second kappa shape index (κ2) is 4.95. The fraction of sp³-hybridized carbons (Fsp3) is 0.500. The maximum Gasteiger partial charge on any atom is 0.137 e. The summed E-state index contributed by atoms with van der Waals surface area (Å²) in [5.74, 6) is 0.997. The molecule has 5 rings (SSSR count). The molecule has 2 nitrogen and oxygen atoms in total. The van der Waals surface area contributed by atoms with Crippen LogP contribution in [0.15, 0.2) is 35.0 Å². The first-order valence-corrected chi connectivity index (χ1v) is 9.07. The van der Waals surface area contributed by atoms with Crippen LogP contribution in [0.1, 0.15) is 22.6 Å². The second-order valence-electron chi connectivity index (χ2n) is 5.97. The number of hydrogen-bond acceptors (Lipinski definition) is 4. The minimum Gasteiger partial charge on any atom is -0.378 e. The number of thiophene rings is 2. The summed E-state index contributed by atoms with van der Waals surface area (Å²) in [6.07, 6.45) is 2.48. The Kier molecular flexibility index (Phi) is 3.22. The molecule has 106 valence electrons. The molecule has 1 N–H and O–H groups in total. The summed E-state index contributed by atoms with van der Waals surface area (Å²) in [5.41, 5.74) is -0.786. The topological polar surface area (TPSA) is 23.5 Å². The minimum atomic E-state index is -0.786. The molecule has 0 amide bonds. The van der Waals surface area contributed by atoms with Crippen molar-refractivity contribution in [2.75, 3.05) is 19.6 Å². The van der Waals surface area contributed by atoms with Crippen molar-refractivity contribution in [2.24, 2.45) is 11.8 Å².